The first kappa shape index (κ1) is 7.79. The van der Waals surface area contributed by atoms with Crippen molar-refractivity contribution in [3.05, 3.63) is 22.4 Å². The summed E-state index contributed by atoms with van der Waals surface area (Å²) in [6.45, 7) is 3.34. The zero-order valence-electron chi connectivity index (χ0n) is 7.89. The highest BCUT2D eigenvalue weighted by molar-refractivity contribution is 5.97. The van der Waals surface area contributed by atoms with Crippen molar-refractivity contribution in [1.82, 2.24) is 10.3 Å². The first-order chi connectivity index (χ1) is 6.77. The molecule has 4 nitrogen and oxygen atoms in total. The van der Waals surface area contributed by atoms with E-state index in [1.807, 2.05) is 6.92 Å². The maximum absolute atomic E-state index is 11.4. The molecule has 3 rings (SSSR count). The number of hydrogen-bond acceptors (Lipinski definition) is 3. The third kappa shape index (κ3) is 0.828. The summed E-state index contributed by atoms with van der Waals surface area (Å²) in [5.41, 5.74) is 3.92. The number of nitrogens with zero attached hydrogens (tertiary/aromatic N) is 1. The van der Waals surface area contributed by atoms with Gasteiger partial charge < -0.3 is 10.1 Å². The lowest BCUT2D eigenvalue weighted by Crippen LogP contribution is -2.13. The SMILES string of the molecule is Cc1c2c(nc3c1CNC3=O)OCC2. The van der Waals surface area contributed by atoms with Gasteiger partial charge in [-0.1, -0.05) is 0 Å². The van der Waals surface area contributed by atoms with Crippen molar-refractivity contribution in [3.8, 4) is 5.88 Å². The molecular weight excluding hydrogens is 180 g/mol. The van der Waals surface area contributed by atoms with E-state index in [9.17, 15) is 4.79 Å². The Hall–Kier alpha value is -1.58. The average Bonchev–Trinajstić information content (AvgIpc) is 2.75. The molecule has 14 heavy (non-hydrogen) atoms. The Morgan fingerprint density at radius 2 is 2.29 bits per heavy atom. The summed E-state index contributed by atoms with van der Waals surface area (Å²) < 4.78 is 5.36. The zero-order valence-corrected chi connectivity index (χ0v) is 7.89. The van der Waals surface area contributed by atoms with Gasteiger partial charge in [0.05, 0.1) is 6.61 Å². The van der Waals surface area contributed by atoms with E-state index in [0.717, 1.165) is 12.0 Å². The fraction of sp³-hybridized carbons (Fsp3) is 0.400. The van der Waals surface area contributed by atoms with Crippen LogP contribution >= 0.6 is 0 Å². The van der Waals surface area contributed by atoms with Gasteiger partial charge in [-0.15, -0.1) is 0 Å². The van der Waals surface area contributed by atoms with Crippen LogP contribution in [-0.2, 0) is 13.0 Å². The number of carbonyl (C=O) groups is 1. The fourth-order valence-electron chi connectivity index (χ4n) is 2.08. The smallest absolute Gasteiger partial charge is 0.270 e. The summed E-state index contributed by atoms with van der Waals surface area (Å²) >= 11 is 0. The van der Waals surface area contributed by atoms with Crippen molar-refractivity contribution in [2.75, 3.05) is 6.61 Å². The van der Waals surface area contributed by atoms with Crippen molar-refractivity contribution >= 4 is 5.91 Å². The molecule has 0 bridgehead atoms. The van der Waals surface area contributed by atoms with Crippen LogP contribution in [0.3, 0.4) is 0 Å². The normalized spacial score (nSPS) is 17.4. The van der Waals surface area contributed by atoms with Gasteiger partial charge in [-0.2, -0.15) is 0 Å². The molecule has 1 amide bonds. The lowest BCUT2D eigenvalue weighted by Gasteiger charge is -2.05. The van der Waals surface area contributed by atoms with Crippen LogP contribution in [-0.4, -0.2) is 17.5 Å². The average molecular weight is 190 g/mol. The minimum absolute atomic E-state index is 0.0820. The van der Waals surface area contributed by atoms with E-state index in [1.165, 1.54) is 11.1 Å². The van der Waals surface area contributed by atoms with E-state index >= 15 is 0 Å². The molecule has 1 N–H and O–H groups in total. The van der Waals surface area contributed by atoms with E-state index in [0.29, 0.717) is 24.7 Å². The minimum Gasteiger partial charge on any atom is -0.477 e. The highest BCUT2D eigenvalue weighted by Gasteiger charge is 2.28. The number of fused-ring (bicyclic) bond motifs is 2. The van der Waals surface area contributed by atoms with E-state index in [-0.39, 0.29) is 5.91 Å². The van der Waals surface area contributed by atoms with Crippen LogP contribution in [0, 0.1) is 6.92 Å². The van der Waals surface area contributed by atoms with Gasteiger partial charge in [-0.25, -0.2) is 4.98 Å². The van der Waals surface area contributed by atoms with Crippen molar-refractivity contribution < 1.29 is 9.53 Å². The van der Waals surface area contributed by atoms with Crippen LogP contribution in [0.25, 0.3) is 0 Å². The lowest BCUT2D eigenvalue weighted by molar-refractivity contribution is 0.0961. The van der Waals surface area contributed by atoms with Gasteiger partial charge >= 0.3 is 0 Å². The molecule has 4 heteroatoms. The van der Waals surface area contributed by atoms with Crippen LogP contribution in [0.15, 0.2) is 0 Å². The Balaban J connectivity index is 2.29. The van der Waals surface area contributed by atoms with E-state index in [1.54, 1.807) is 0 Å². The van der Waals surface area contributed by atoms with Gasteiger partial charge in [-0.05, 0) is 12.5 Å². The van der Waals surface area contributed by atoms with Crippen molar-refractivity contribution in [2.24, 2.45) is 0 Å². The summed E-state index contributed by atoms with van der Waals surface area (Å²) in [6, 6.07) is 0. The predicted molar refractivity (Wildman–Crippen MR) is 49.3 cm³/mol. The molecule has 0 fully saturated rings. The minimum atomic E-state index is -0.0820. The van der Waals surface area contributed by atoms with E-state index in [2.05, 4.69) is 10.3 Å². The Morgan fingerprint density at radius 1 is 1.43 bits per heavy atom. The third-order valence-corrected chi connectivity index (χ3v) is 2.89. The van der Waals surface area contributed by atoms with Gasteiger partial charge in [0, 0.05) is 24.1 Å². The molecule has 2 aliphatic rings. The van der Waals surface area contributed by atoms with Crippen LogP contribution in [0.5, 0.6) is 5.88 Å². The van der Waals surface area contributed by atoms with Gasteiger partial charge in [0.2, 0.25) is 5.88 Å². The maximum Gasteiger partial charge on any atom is 0.270 e. The van der Waals surface area contributed by atoms with Crippen LogP contribution in [0.4, 0.5) is 0 Å². The molecule has 2 aliphatic heterocycles. The molecule has 0 saturated heterocycles. The zero-order chi connectivity index (χ0) is 9.71. The monoisotopic (exact) mass is 190 g/mol. The van der Waals surface area contributed by atoms with Crippen molar-refractivity contribution in [2.45, 2.75) is 19.9 Å². The number of rotatable bonds is 0. The second-order valence-electron chi connectivity index (χ2n) is 3.63. The Labute approximate surface area is 81.3 Å². The number of carbonyl (C=O) groups excluding carboxylic acids is 1. The molecule has 0 saturated carbocycles. The molecule has 1 aromatic rings. The number of hydrogen-bond donors (Lipinski definition) is 1. The molecular formula is C10H10N2O2. The molecule has 3 heterocycles. The van der Waals surface area contributed by atoms with Crippen LogP contribution < -0.4 is 10.1 Å². The number of aromatic nitrogens is 1. The largest absolute Gasteiger partial charge is 0.477 e. The van der Waals surface area contributed by atoms with Crippen LogP contribution in [0.1, 0.15) is 27.2 Å². The van der Waals surface area contributed by atoms with Crippen molar-refractivity contribution in [3.63, 3.8) is 0 Å². The molecule has 0 radical (unpaired) electrons. The Morgan fingerprint density at radius 3 is 3.14 bits per heavy atom. The molecule has 0 aliphatic carbocycles. The Bertz CT molecular complexity index is 440. The number of ether oxygens (including phenoxy) is 1. The first-order valence-electron chi connectivity index (χ1n) is 4.70. The van der Waals surface area contributed by atoms with Gasteiger partial charge in [0.25, 0.3) is 5.91 Å². The standard InChI is InChI=1S/C10H10N2O2/c1-5-6-2-3-14-10(6)12-8-7(5)4-11-9(8)13/h2-4H2,1H3,(H,11,13). The number of nitrogens with one attached hydrogen (secondary N) is 1. The van der Waals surface area contributed by atoms with Gasteiger partial charge in [0.1, 0.15) is 5.69 Å². The quantitative estimate of drug-likeness (QED) is 0.650. The number of pyridine rings is 1. The third-order valence-electron chi connectivity index (χ3n) is 2.89. The number of amides is 1. The lowest BCUT2D eigenvalue weighted by atomic mass is 10.0. The highest BCUT2D eigenvalue weighted by Crippen LogP contribution is 2.31. The first-order valence-corrected chi connectivity index (χ1v) is 4.70. The highest BCUT2D eigenvalue weighted by atomic mass is 16.5. The summed E-state index contributed by atoms with van der Waals surface area (Å²) in [7, 11) is 0. The predicted octanol–water partition coefficient (Wildman–Crippen LogP) is 0.568. The summed E-state index contributed by atoms with van der Waals surface area (Å²) in [5.74, 6) is 0.569. The maximum atomic E-state index is 11.4. The van der Waals surface area contributed by atoms with Gasteiger partial charge in [0.15, 0.2) is 0 Å². The topological polar surface area (TPSA) is 51.2 Å². The molecule has 72 valence electrons. The summed E-state index contributed by atoms with van der Waals surface area (Å²) in [5, 5.41) is 2.77. The molecule has 0 spiro atoms. The Kier molecular flexibility index (Phi) is 1.37. The van der Waals surface area contributed by atoms with E-state index < -0.39 is 0 Å². The fourth-order valence-corrected chi connectivity index (χ4v) is 2.08. The molecule has 0 aromatic carbocycles. The molecule has 0 atom stereocenters. The van der Waals surface area contributed by atoms with Crippen LogP contribution in [0.2, 0.25) is 0 Å². The van der Waals surface area contributed by atoms with Gasteiger partial charge in [-0.3, -0.25) is 4.79 Å². The van der Waals surface area contributed by atoms with E-state index in [4.69, 9.17) is 4.74 Å². The summed E-state index contributed by atoms with van der Waals surface area (Å²) in [6.07, 6.45) is 0.912. The molecule has 1 aromatic heterocycles. The van der Waals surface area contributed by atoms with Crippen molar-refractivity contribution in [1.29, 1.82) is 0 Å². The molecule has 0 unspecified atom stereocenters. The second kappa shape index (κ2) is 2.47. The summed E-state index contributed by atoms with van der Waals surface area (Å²) in [4.78, 5) is 15.6. The second-order valence-corrected chi connectivity index (χ2v) is 3.63.